The molecule has 3 nitrogen and oxygen atoms in total. The van der Waals surface area contributed by atoms with Crippen LogP contribution in [0.1, 0.15) is 31.9 Å². The Morgan fingerprint density at radius 1 is 1.39 bits per heavy atom. The van der Waals surface area contributed by atoms with Crippen LogP contribution in [-0.4, -0.2) is 16.5 Å². The minimum atomic E-state index is -4.51. The quantitative estimate of drug-likeness (QED) is 0.853. The van der Waals surface area contributed by atoms with Crippen LogP contribution in [0.5, 0.6) is 0 Å². The van der Waals surface area contributed by atoms with Crippen LogP contribution in [0.25, 0.3) is 0 Å². The molecule has 7 heteroatoms. The molecule has 1 N–H and O–H groups in total. The highest BCUT2D eigenvalue weighted by atomic mass is 35.5. The number of hydrogen-bond donors (Lipinski definition) is 1. The first-order valence-corrected chi connectivity index (χ1v) is 6.08. The van der Waals surface area contributed by atoms with Crippen molar-refractivity contribution in [3.8, 4) is 0 Å². The fourth-order valence-corrected chi connectivity index (χ4v) is 1.95. The molecular formula is C11H13ClF3N3. The normalized spacial score (nSPS) is 17.6. The van der Waals surface area contributed by atoms with Crippen molar-refractivity contribution in [1.82, 2.24) is 9.97 Å². The largest absolute Gasteiger partial charge is 0.433 e. The highest BCUT2D eigenvalue weighted by Gasteiger charge is 2.40. The summed E-state index contributed by atoms with van der Waals surface area (Å²) in [6, 6.07) is 0.887. The van der Waals surface area contributed by atoms with Gasteiger partial charge in [-0.05, 0) is 36.3 Å². The zero-order valence-electron chi connectivity index (χ0n) is 9.81. The molecule has 1 fully saturated rings. The lowest BCUT2D eigenvalue weighted by Crippen LogP contribution is -2.17. The third-order valence-electron chi connectivity index (χ3n) is 3.34. The molecule has 0 spiro atoms. The molecule has 1 aliphatic rings. The summed E-state index contributed by atoms with van der Waals surface area (Å²) >= 11 is 5.49. The van der Waals surface area contributed by atoms with E-state index in [0.717, 1.165) is 25.3 Å². The number of nitrogens with one attached hydrogen (secondary N) is 1. The topological polar surface area (TPSA) is 37.8 Å². The molecule has 0 saturated heterocycles. The highest BCUT2D eigenvalue weighted by Crippen LogP contribution is 2.48. The number of halogens is 4. The zero-order chi connectivity index (χ0) is 13.4. The Morgan fingerprint density at radius 3 is 2.56 bits per heavy atom. The first kappa shape index (κ1) is 13.4. The maximum atomic E-state index is 12.5. The summed E-state index contributed by atoms with van der Waals surface area (Å²) in [6.07, 6.45) is -1.31. The van der Waals surface area contributed by atoms with Gasteiger partial charge in [-0.15, -0.1) is 0 Å². The van der Waals surface area contributed by atoms with Crippen molar-refractivity contribution in [2.75, 3.05) is 11.9 Å². The molecule has 0 aliphatic heterocycles. The second-order valence-corrected chi connectivity index (χ2v) is 4.95. The van der Waals surface area contributed by atoms with Crippen molar-refractivity contribution in [3.05, 3.63) is 17.0 Å². The summed E-state index contributed by atoms with van der Waals surface area (Å²) in [5, 5.41) is 2.52. The second kappa shape index (κ2) is 4.57. The predicted octanol–water partition coefficient (Wildman–Crippen LogP) is 3.75. The van der Waals surface area contributed by atoms with Gasteiger partial charge in [-0.3, -0.25) is 0 Å². The predicted molar refractivity (Wildman–Crippen MR) is 62.5 cm³/mol. The fourth-order valence-electron chi connectivity index (χ4n) is 1.76. The summed E-state index contributed by atoms with van der Waals surface area (Å²) in [4.78, 5) is 6.93. The van der Waals surface area contributed by atoms with E-state index in [1.165, 1.54) is 0 Å². The van der Waals surface area contributed by atoms with Crippen molar-refractivity contribution >= 4 is 17.4 Å². The first-order valence-electron chi connectivity index (χ1n) is 5.70. The molecule has 0 atom stereocenters. The van der Waals surface area contributed by atoms with Gasteiger partial charge in [-0.1, -0.05) is 6.92 Å². The number of nitrogens with zero attached hydrogens (tertiary/aromatic N) is 2. The summed E-state index contributed by atoms with van der Waals surface area (Å²) in [5.74, 6) is 0.127. The molecule has 1 saturated carbocycles. The van der Waals surface area contributed by atoms with E-state index in [2.05, 4.69) is 22.2 Å². The molecular weight excluding hydrogens is 267 g/mol. The smallest absolute Gasteiger partial charge is 0.369 e. The van der Waals surface area contributed by atoms with Crippen LogP contribution in [0.15, 0.2) is 6.07 Å². The van der Waals surface area contributed by atoms with Crippen LogP contribution in [0.3, 0.4) is 0 Å². The molecule has 1 aliphatic carbocycles. The molecule has 100 valence electrons. The lowest BCUT2D eigenvalue weighted by atomic mass is 10.0. The van der Waals surface area contributed by atoms with Gasteiger partial charge in [-0.2, -0.15) is 13.2 Å². The van der Waals surface area contributed by atoms with E-state index < -0.39 is 17.2 Å². The van der Waals surface area contributed by atoms with Gasteiger partial charge in [-0.25, -0.2) is 9.97 Å². The second-order valence-electron chi connectivity index (χ2n) is 4.61. The lowest BCUT2D eigenvalue weighted by molar-refractivity contribution is -0.141. The SMILES string of the molecule is CCC1(CNc2cc(C(F)(F)F)nc(Cl)n2)CC1. The van der Waals surface area contributed by atoms with Crippen molar-refractivity contribution in [1.29, 1.82) is 0 Å². The Hall–Kier alpha value is -1.04. The minimum absolute atomic E-state index is 0.127. The van der Waals surface area contributed by atoms with E-state index in [-0.39, 0.29) is 11.2 Å². The Morgan fingerprint density at radius 2 is 2.06 bits per heavy atom. The van der Waals surface area contributed by atoms with E-state index in [0.29, 0.717) is 6.54 Å². The van der Waals surface area contributed by atoms with E-state index in [4.69, 9.17) is 11.6 Å². The molecule has 0 unspecified atom stereocenters. The van der Waals surface area contributed by atoms with Crippen LogP contribution in [-0.2, 0) is 6.18 Å². The summed E-state index contributed by atoms with van der Waals surface area (Å²) in [7, 11) is 0. The third-order valence-corrected chi connectivity index (χ3v) is 3.51. The van der Waals surface area contributed by atoms with Crippen molar-refractivity contribution in [2.24, 2.45) is 5.41 Å². The van der Waals surface area contributed by atoms with Crippen LogP contribution in [0.2, 0.25) is 5.28 Å². The van der Waals surface area contributed by atoms with Crippen molar-refractivity contribution < 1.29 is 13.2 Å². The number of rotatable bonds is 4. The van der Waals surface area contributed by atoms with Gasteiger partial charge < -0.3 is 5.32 Å². The van der Waals surface area contributed by atoms with E-state index in [1.807, 2.05) is 0 Å². The molecule has 1 aromatic rings. The molecule has 0 amide bonds. The average Bonchev–Trinajstić information content (AvgIpc) is 3.05. The van der Waals surface area contributed by atoms with Crippen LogP contribution in [0.4, 0.5) is 19.0 Å². The molecule has 0 radical (unpaired) electrons. The lowest BCUT2D eigenvalue weighted by Gasteiger charge is -2.15. The summed E-state index contributed by atoms with van der Waals surface area (Å²) < 4.78 is 37.6. The van der Waals surface area contributed by atoms with Gasteiger partial charge in [0.15, 0.2) is 5.69 Å². The van der Waals surface area contributed by atoms with Crippen molar-refractivity contribution in [3.63, 3.8) is 0 Å². The maximum absolute atomic E-state index is 12.5. The van der Waals surface area contributed by atoms with Gasteiger partial charge in [0, 0.05) is 12.6 Å². The van der Waals surface area contributed by atoms with Crippen LogP contribution < -0.4 is 5.32 Å². The van der Waals surface area contributed by atoms with Crippen LogP contribution >= 0.6 is 11.6 Å². The Bertz CT molecular complexity index is 444. The number of anilines is 1. The number of aromatic nitrogens is 2. The van der Waals surface area contributed by atoms with Gasteiger partial charge in [0.1, 0.15) is 5.82 Å². The molecule has 2 rings (SSSR count). The highest BCUT2D eigenvalue weighted by molar-refractivity contribution is 6.28. The zero-order valence-corrected chi connectivity index (χ0v) is 10.6. The maximum Gasteiger partial charge on any atom is 0.433 e. The van der Waals surface area contributed by atoms with Crippen LogP contribution in [0, 0.1) is 5.41 Å². The minimum Gasteiger partial charge on any atom is -0.369 e. The van der Waals surface area contributed by atoms with Gasteiger partial charge in [0.05, 0.1) is 0 Å². The standard InChI is InChI=1S/C11H13ClF3N3/c1-2-10(3-4-10)6-16-8-5-7(11(13,14)15)17-9(12)18-8/h5H,2-4,6H2,1H3,(H,16,17,18). The third kappa shape index (κ3) is 3.04. The molecule has 1 aromatic heterocycles. The monoisotopic (exact) mass is 279 g/mol. The first-order chi connectivity index (χ1) is 8.35. The summed E-state index contributed by atoms with van der Waals surface area (Å²) in [5.41, 5.74) is -0.804. The average molecular weight is 280 g/mol. The van der Waals surface area contributed by atoms with Gasteiger partial charge in [0.2, 0.25) is 5.28 Å². The van der Waals surface area contributed by atoms with Gasteiger partial charge >= 0.3 is 6.18 Å². The molecule has 1 heterocycles. The number of alkyl halides is 3. The Kier molecular flexibility index (Phi) is 3.40. The molecule has 0 bridgehead atoms. The summed E-state index contributed by atoms with van der Waals surface area (Å²) in [6.45, 7) is 2.69. The van der Waals surface area contributed by atoms with E-state index in [9.17, 15) is 13.2 Å². The Balaban J connectivity index is 2.11. The molecule has 0 aromatic carbocycles. The number of hydrogen-bond acceptors (Lipinski definition) is 3. The van der Waals surface area contributed by atoms with E-state index in [1.54, 1.807) is 0 Å². The fraction of sp³-hybridized carbons (Fsp3) is 0.636. The Labute approximate surface area is 108 Å². The van der Waals surface area contributed by atoms with Gasteiger partial charge in [0.25, 0.3) is 0 Å². The van der Waals surface area contributed by atoms with E-state index >= 15 is 0 Å². The van der Waals surface area contributed by atoms with Crippen molar-refractivity contribution in [2.45, 2.75) is 32.4 Å². The molecule has 18 heavy (non-hydrogen) atoms.